The molecule has 6 atom stereocenters. The van der Waals surface area contributed by atoms with Crippen molar-refractivity contribution in [1.29, 1.82) is 0 Å². The highest BCUT2D eigenvalue weighted by molar-refractivity contribution is 5.92. The number of esters is 3. The van der Waals surface area contributed by atoms with E-state index in [4.69, 9.17) is 23.7 Å². The fourth-order valence-electron chi connectivity index (χ4n) is 4.99. The van der Waals surface area contributed by atoms with E-state index >= 15 is 0 Å². The van der Waals surface area contributed by atoms with Gasteiger partial charge in [0.1, 0.15) is 0 Å². The third-order valence-electron chi connectivity index (χ3n) is 6.16. The molecule has 0 radical (unpaired) electrons. The normalized spacial score (nSPS) is 39.5. The smallest absolute Gasteiger partial charge is 0.336 e. The number of fused-ring (bicyclic) bond motifs is 3. The number of allylic oxidation sites excluding steroid dienone is 3. The fourth-order valence-corrected chi connectivity index (χ4v) is 4.99. The van der Waals surface area contributed by atoms with Gasteiger partial charge >= 0.3 is 17.9 Å². The van der Waals surface area contributed by atoms with Crippen molar-refractivity contribution in [3.8, 4) is 0 Å². The van der Waals surface area contributed by atoms with Gasteiger partial charge < -0.3 is 23.7 Å². The van der Waals surface area contributed by atoms with Crippen LogP contribution in [0.15, 0.2) is 23.3 Å². The molecule has 164 valence electrons. The van der Waals surface area contributed by atoms with E-state index < -0.39 is 54.7 Å². The summed E-state index contributed by atoms with van der Waals surface area (Å²) in [5.41, 5.74) is 2.01. The van der Waals surface area contributed by atoms with Crippen molar-refractivity contribution in [1.82, 2.24) is 0 Å². The molecule has 0 spiro atoms. The van der Waals surface area contributed by atoms with Crippen LogP contribution in [0.5, 0.6) is 0 Å². The van der Waals surface area contributed by atoms with E-state index in [9.17, 15) is 14.4 Å². The van der Waals surface area contributed by atoms with Gasteiger partial charge in [-0.05, 0) is 31.1 Å². The van der Waals surface area contributed by atoms with E-state index in [-0.39, 0.29) is 5.41 Å². The highest BCUT2D eigenvalue weighted by Gasteiger charge is 2.64. The SMILES string of the molecule is CC(=O)O[C@H]1O[C@H]2O[C@H]3OC(=O)/C(=C/C=C4\CCCC(C)(C)C4)[C@H]3[C@H]2[C@@H]1OC(C)=O. The molecule has 0 aromatic carbocycles. The van der Waals surface area contributed by atoms with Crippen LogP contribution in [0.2, 0.25) is 0 Å². The summed E-state index contributed by atoms with van der Waals surface area (Å²) in [6.45, 7) is 7.01. The number of carbonyl (C=O) groups excluding carboxylic acids is 3. The van der Waals surface area contributed by atoms with Crippen molar-refractivity contribution in [2.75, 3.05) is 0 Å². The Bertz CT molecular complexity index is 810. The van der Waals surface area contributed by atoms with Crippen LogP contribution in [0.3, 0.4) is 0 Å². The molecular formula is C22H28O8. The molecule has 4 aliphatic rings. The molecule has 3 aliphatic heterocycles. The van der Waals surface area contributed by atoms with Gasteiger partial charge in [0.15, 0.2) is 12.4 Å². The minimum atomic E-state index is -1.09. The molecule has 8 nitrogen and oxygen atoms in total. The van der Waals surface area contributed by atoms with Gasteiger partial charge in [0.25, 0.3) is 0 Å². The predicted octanol–water partition coefficient (Wildman–Crippen LogP) is 2.76. The minimum absolute atomic E-state index is 0.250. The molecule has 4 fully saturated rings. The lowest BCUT2D eigenvalue weighted by molar-refractivity contribution is -0.244. The molecule has 1 saturated carbocycles. The number of hydrogen-bond donors (Lipinski definition) is 0. The van der Waals surface area contributed by atoms with Gasteiger partial charge in [-0.1, -0.05) is 31.6 Å². The summed E-state index contributed by atoms with van der Waals surface area (Å²) in [4.78, 5) is 35.6. The lowest BCUT2D eigenvalue weighted by atomic mass is 9.75. The molecule has 0 amide bonds. The first-order valence-electron chi connectivity index (χ1n) is 10.4. The van der Waals surface area contributed by atoms with E-state index in [1.165, 1.54) is 25.8 Å². The number of rotatable bonds is 3. The molecule has 0 aromatic rings. The Kier molecular flexibility index (Phi) is 5.48. The Morgan fingerprint density at radius 3 is 2.47 bits per heavy atom. The maximum atomic E-state index is 12.5. The fraction of sp³-hybridized carbons (Fsp3) is 0.682. The second-order valence-corrected chi connectivity index (χ2v) is 9.21. The maximum Gasteiger partial charge on any atom is 0.336 e. The lowest BCUT2D eigenvalue weighted by Crippen LogP contribution is -2.38. The van der Waals surface area contributed by atoms with Gasteiger partial charge in [-0.3, -0.25) is 9.59 Å². The van der Waals surface area contributed by atoms with Gasteiger partial charge in [0, 0.05) is 19.4 Å². The average molecular weight is 420 g/mol. The molecule has 1 aliphatic carbocycles. The second-order valence-electron chi connectivity index (χ2n) is 9.21. The zero-order chi connectivity index (χ0) is 21.6. The van der Waals surface area contributed by atoms with Gasteiger partial charge in [-0.2, -0.15) is 0 Å². The van der Waals surface area contributed by atoms with Crippen molar-refractivity contribution in [2.24, 2.45) is 17.3 Å². The van der Waals surface area contributed by atoms with Crippen molar-refractivity contribution >= 4 is 17.9 Å². The van der Waals surface area contributed by atoms with E-state index in [0.717, 1.165) is 19.3 Å². The lowest BCUT2D eigenvalue weighted by Gasteiger charge is -2.31. The van der Waals surface area contributed by atoms with E-state index in [1.54, 1.807) is 6.08 Å². The Morgan fingerprint density at radius 2 is 1.80 bits per heavy atom. The first-order chi connectivity index (χ1) is 14.1. The average Bonchev–Trinajstić information content (AvgIpc) is 3.20. The first kappa shape index (κ1) is 21.1. The van der Waals surface area contributed by atoms with Crippen molar-refractivity contribution in [3.05, 3.63) is 23.3 Å². The Morgan fingerprint density at radius 1 is 1.07 bits per heavy atom. The summed E-state index contributed by atoms with van der Waals surface area (Å²) < 4.78 is 27.4. The highest BCUT2D eigenvalue weighted by Crippen LogP contribution is 2.51. The number of ether oxygens (including phenoxy) is 5. The first-order valence-corrected chi connectivity index (χ1v) is 10.4. The number of hydrogen-bond acceptors (Lipinski definition) is 8. The standard InChI is InChI=1S/C22H28O8/c1-11(23)26-17-16-15-14(8-7-13-6-5-9-22(3,4)10-13)18(25)28-19(15)29-20(16)30-21(17)27-12(2)24/h7-8,15-17,19-21H,5-6,9-10H2,1-4H3/b13-7+,14-8+/t15-,16-,17-,19+,20+,21-/m0/s1. The van der Waals surface area contributed by atoms with Crippen LogP contribution in [0, 0.1) is 17.3 Å². The second kappa shape index (κ2) is 7.81. The summed E-state index contributed by atoms with van der Waals surface area (Å²) >= 11 is 0. The summed E-state index contributed by atoms with van der Waals surface area (Å²) in [6, 6.07) is 0. The van der Waals surface area contributed by atoms with Crippen LogP contribution >= 0.6 is 0 Å². The highest BCUT2D eigenvalue weighted by atomic mass is 16.8. The zero-order valence-electron chi connectivity index (χ0n) is 17.7. The monoisotopic (exact) mass is 420 g/mol. The molecule has 8 heteroatoms. The Hall–Kier alpha value is -2.19. The molecule has 0 aromatic heterocycles. The van der Waals surface area contributed by atoms with Crippen molar-refractivity contribution in [2.45, 2.75) is 78.4 Å². The molecular weight excluding hydrogens is 392 g/mol. The summed E-state index contributed by atoms with van der Waals surface area (Å²) in [7, 11) is 0. The van der Waals surface area contributed by atoms with Crippen LogP contribution in [0.25, 0.3) is 0 Å². The summed E-state index contributed by atoms with van der Waals surface area (Å²) in [5, 5.41) is 0. The minimum Gasteiger partial charge on any atom is -0.455 e. The van der Waals surface area contributed by atoms with Crippen LogP contribution in [-0.2, 0) is 38.1 Å². The molecule has 4 rings (SSSR count). The third-order valence-corrected chi connectivity index (χ3v) is 6.16. The van der Waals surface area contributed by atoms with E-state index in [0.29, 0.717) is 5.57 Å². The van der Waals surface area contributed by atoms with Crippen molar-refractivity contribution in [3.63, 3.8) is 0 Å². The predicted molar refractivity (Wildman–Crippen MR) is 102 cm³/mol. The molecule has 0 bridgehead atoms. The summed E-state index contributed by atoms with van der Waals surface area (Å²) in [6.07, 6.45) is 4.53. The molecule has 3 saturated heterocycles. The number of carbonyl (C=O) groups is 3. The molecule has 0 N–H and O–H groups in total. The van der Waals surface area contributed by atoms with Crippen LogP contribution < -0.4 is 0 Å². The molecule has 30 heavy (non-hydrogen) atoms. The van der Waals surface area contributed by atoms with Crippen LogP contribution in [0.1, 0.15) is 53.4 Å². The Labute approximate surface area is 175 Å². The van der Waals surface area contributed by atoms with Gasteiger partial charge in [-0.25, -0.2) is 4.79 Å². The van der Waals surface area contributed by atoms with Crippen LogP contribution in [0.4, 0.5) is 0 Å². The molecule has 0 unspecified atom stereocenters. The van der Waals surface area contributed by atoms with Gasteiger partial charge in [0.2, 0.25) is 12.6 Å². The van der Waals surface area contributed by atoms with Gasteiger partial charge in [-0.15, -0.1) is 0 Å². The third kappa shape index (κ3) is 4.03. The van der Waals surface area contributed by atoms with Crippen molar-refractivity contribution < 1.29 is 38.1 Å². The largest absolute Gasteiger partial charge is 0.455 e. The van der Waals surface area contributed by atoms with Crippen LogP contribution in [-0.4, -0.2) is 42.9 Å². The maximum absolute atomic E-state index is 12.5. The zero-order valence-corrected chi connectivity index (χ0v) is 17.7. The van der Waals surface area contributed by atoms with Gasteiger partial charge in [0.05, 0.1) is 11.8 Å². The topological polar surface area (TPSA) is 97.4 Å². The summed E-state index contributed by atoms with van der Waals surface area (Å²) in [5.74, 6) is -2.53. The Balaban J connectivity index is 1.61. The van der Waals surface area contributed by atoms with E-state index in [1.807, 2.05) is 6.08 Å². The quantitative estimate of drug-likeness (QED) is 0.391. The van der Waals surface area contributed by atoms with E-state index in [2.05, 4.69) is 13.8 Å². The molecule has 3 heterocycles.